The van der Waals surface area contributed by atoms with E-state index in [1.165, 1.54) is 103 Å². The Bertz CT molecular complexity index is 4240. The molecule has 12 aromatic rings. The van der Waals surface area contributed by atoms with E-state index in [0.717, 1.165) is 71.8 Å². The first-order chi connectivity index (χ1) is 37.2. The van der Waals surface area contributed by atoms with Crippen LogP contribution in [0.4, 0.5) is 0 Å². The summed E-state index contributed by atoms with van der Waals surface area (Å²) in [6.07, 6.45) is 6.27. The van der Waals surface area contributed by atoms with Crippen molar-refractivity contribution >= 4 is 98.3 Å². The molecule has 0 fully saturated rings. The Kier molecular flexibility index (Phi) is 19.3. The van der Waals surface area contributed by atoms with Gasteiger partial charge in [-0.1, -0.05) is 133 Å². The fourth-order valence-corrected chi connectivity index (χ4v) is 12.0. The van der Waals surface area contributed by atoms with Crippen molar-refractivity contribution in [1.82, 2.24) is 9.97 Å². The van der Waals surface area contributed by atoms with Crippen LogP contribution in [0, 0.1) is 39.8 Å². The van der Waals surface area contributed by atoms with Crippen LogP contribution >= 0.6 is 22.7 Å². The summed E-state index contributed by atoms with van der Waals surface area (Å²) in [6, 6.07) is 51.3. The zero-order valence-corrected chi connectivity index (χ0v) is 52.8. The molecule has 0 atom stereocenters. The van der Waals surface area contributed by atoms with Gasteiger partial charge in [-0.2, -0.15) is 0 Å². The Morgan fingerprint density at radius 3 is 1.39 bits per heavy atom. The number of aliphatic hydroxyl groups is 2. The number of carbonyl (C=O) groups is 2. The molecular weight excluding hydrogens is 1390 g/mol. The second-order valence-electron chi connectivity index (χ2n) is 20.7. The average Bonchev–Trinajstić information content (AvgIpc) is 4.23. The topological polar surface area (TPSA) is 127 Å². The molecule has 0 aliphatic rings. The monoisotopic (exact) mass is 1450 g/mol. The van der Waals surface area contributed by atoms with Crippen molar-refractivity contribution in [2.45, 2.75) is 81.6 Å². The molecular formula is C68H60Ir2N2O6S2-2. The molecule has 0 saturated carbocycles. The van der Waals surface area contributed by atoms with Crippen LogP contribution in [-0.4, -0.2) is 31.7 Å². The molecule has 2 N–H and O–H groups in total. The SMILES string of the molecule is CC(=O)C=C(C)O.CC(=O)C=C(C)O.Cc1cc(C(C)(C)C)cc(C)c1-c1cc2cnc(-c3[c-]ccc4c3oc3ccccc34)cc2s1.Cc1cc(C)cc(-c2cc3cnc(-c4[c-]ccc5c4oc4ccccc45)cc3s2)c1.[Ir].[Ir]. The van der Waals surface area contributed by atoms with Gasteiger partial charge in [0.15, 0.2) is 11.6 Å². The number of allylic oxidation sites excluding steroid dienone is 4. The Labute approximate surface area is 501 Å². The maximum absolute atomic E-state index is 10.0. The normalized spacial score (nSPS) is 11.6. The van der Waals surface area contributed by atoms with E-state index >= 15 is 0 Å². The largest absolute Gasteiger partial charge is 0.512 e. The first kappa shape index (κ1) is 60.5. The summed E-state index contributed by atoms with van der Waals surface area (Å²) in [7, 11) is 0. The summed E-state index contributed by atoms with van der Waals surface area (Å²) in [4.78, 5) is 32.2. The number of aliphatic hydroxyl groups excluding tert-OH is 2. The minimum absolute atomic E-state index is 0. The zero-order chi connectivity index (χ0) is 55.6. The number of fused-ring (bicyclic) bond motifs is 8. The van der Waals surface area contributed by atoms with E-state index in [1.54, 1.807) is 11.3 Å². The van der Waals surface area contributed by atoms with E-state index < -0.39 is 0 Å². The molecule has 0 spiro atoms. The van der Waals surface area contributed by atoms with Crippen molar-refractivity contribution in [3.05, 3.63) is 203 Å². The predicted octanol–water partition coefficient (Wildman–Crippen LogP) is 19.3. The number of hydrogen-bond acceptors (Lipinski definition) is 10. The fraction of sp³-hybridized carbons (Fsp3) is 0.176. The van der Waals surface area contributed by atoms with Crippen LogP contribution in [0.25, 0.3) is 107 Å². The van der Waals surface area contributed by atoms with Gasteiger partial charge in [0.1, 0.15) is 11.2 Å². The second-order valence-corrected chi connectivity index (χ2v) is 22.9. The third kappa shape index (κ3) is 13.7. The Morgan fingerprint density at radius 2 is 0.975 bits per heavy atom. The molecule has 0 unspecified atom stereocenters. The average molecular weight is 1450 g/mol. The van der Waals surface area contributed by atoms with Crippen molar-refractivity contribution in [2.75, 3.05) is 0 Å². The summed E-state index contributed by atoms with van der Waals surface area (Å²) in [5, 5.41) is 23.5. The molecule has 2 radical (unpaired) electrons. The number of carbonyl (C=O) groups excluding carboxylic acids is 2. The van der Waals surface area contributed by atoms with Gasteiger partial charge in [-0.15, -0.1) is 59.1 Å². The number of aryl methyl sites for hydroxylation is 4. The van der Waals surface area contributed by atoms with Crippen molar-refractivity contribution < 1.29 is 68.8 Å². The minimum Gasteiger partial charge on any atom is -0.512 e. The van der Waals surface area contributed by atoms with Gasteiger partial charge in [0, 0.05) is 105 Å². The predicted molar refractivity (Wildman–Crippen MR) is 325 cm³/mol. The van der Waals surface area contributed by atoms with Gasteiger partial charge in [-0.25, -0.2) is 0 Å². The van der Waals surface area contributed by atoms with Crippen LogP contribution in [-0.2, 0) is 55.2 Å². The molecule has 0 aliphatic heterocycles. The zero-order valence-electron chi connectivity index (χ0n) is 46.3. The first-order valence-electron chi connectivity index (χ1n) is 25.6. The maximum atomic E-state index is 10.0. The van der Waals surface area contributed by atoms with Gasteiger partial charge in [0.25, 0.3) is 0 Å². The fourth-order valence-electron chi connectivity index (χ4n) is 9.66. The first-order valence-corrected chi connectivity index (χ1v) is 27.2. The smallest absolute Gasteiger partial charge is 0.155 e. The van der Waals surface area contributed by atoms with Gasteiger partial charge in [0.05, 0.1) is 22.7 Å². The van der Waals surface area contributed by atoms with Crippen molar-refractivity contribution in [3.8, 4) is 43.4 Å². The van der Waals surface area contributed by atoms with Crippen LogP contribution in [0.15, 0.2) is 172 Å². The van der Waals surface area contributed by atoms with E-state index in [9.17, 15) is 9.59 Å². The minimum atomic E-state index is -0.125. The van der Waals surface area contributed by atoms with Crippen LogP contribution < -0.4 is 0 Å². The third-order valence-corrected chi connectivity index (χ3v) is 15.2. The van der Waals surface area contributed by atoms with Gasteiger partial charge in [-0.05, 0) is 124 Å². The number of rotatable bonds is 6. The van der Waals surface area contributed by atoms with Gasteiger partial charge < -0.3 is 29.0 Å². The quantitative estimate of drug-likeness (QED) is 0.0958. The maximum Gasteiger partial charge on any atom is 0.155 e. The molecule has 0 aliphatic carbocycles. The summed E-state index contributed by atoms with van der Waals surface area (Å²) in [6.45, 7) is 21.3. The molecule has 12 rings (SSSR count). The van der Waals surface area contributed by atoms with E-state index in [1.807, 2.05) is 72.3 Å². The number of furan rings is 2. The number of ketones is 2. The summed E-state index contributed by atoms with van der Waals surface area (Å²) in [5.74, 6) is -0.125. The number of pyridine rings is 2. The van der Waals surface area contributed by atoms with Crippen molar-refractivity contribution in [3.63, 3.8) is 0 Å². The van der Waals surface area contributed by atoms with Gasteiger partial charge in [-0.3, -0.25) is 9.59 Å². The molecule has 8 nitrogen and oxygen atoms in total. The number of benzene rings is 6. The number of nitrogens with zero attached hydrogens (tertiary/aromatic N) is 2. The molecule has 6 heterocycles. The molecule has 6 aromatic carbocycles. The van der Waals surface area contributed by atoms with E-state index in [4.69, 9.17) is 29.0 Å². The molecule has 410 valence electrons. The van der Waals surface area contributed by atoms with Crippen LogP contribution in [0.5, 0.6) is 0 Å². The number of thiophene rings is 2. The second kappa shape index (κ2) is 25.5. The van der Waals surface area contributed by atoms with E-state index in [2.05, 4.69) is 139 Å². The number of para-hydroxylation sites is 2. The summed E-state index contributed by atoms with van der Waals surface area (Å²) in [5.41, 5.74) is 16.4. The number of aromatic nitrogens is 2. The van der Waals surface area contributed by atoms with E-state index in [-0.39, 0.29) is 68.7 Å². The van der Waals surface area contributed by atoms with Crippen molar-refractivity contribution in [2.24, 2.45) is 0 Å². The Hall–Kier alpha value is -7.14. The van der Waals surface area contributed by atoms with Crippen LogP contribution in [0.3, 0.4) is 0 Å². The van der Waals surface area contributed by atoms with Crippen molar-refractivity contribution in [1.29, 1.82) is 0 Å². The molecule has 12 heteroatoms. The van der Waals surface area contributed by atoms with Gasteiger partial charge in [0.2, 0.25) is 0 Å². The summed E-state index contributed by atoms with van der Waals surface area (Å²) >= 11 is 3.63. The molecule has 6 aromatic heterocycles. The number of hydrogen-bond donors (Lipinski definition) is 2. The van der Waals surface area contributed by atoms with E-state index in [0.29, 0.717) is 0 Å². The van der Waals surface area contributed by atoms with Crippen LogP contribution in [0.1, 0.15) is 76.3 Å². The van der Waals surface area contributed by atoms with Crippen LogP contribution in [0.2, 0.25) is 0 Å². The molecule has 0 amide bonds. The molecule has 80 heavy (non-hydrogen) atoms. The Morgan fingerprint density at radius 1 is 0.550 bits per heavy atom. The molecule has 0 saturated heterocycles. The Balaban J connectivity index is 0.000000184. The standard InChI is InChI=1S/C31H26NOS.C27H18NOS.2C5H8O2.2Ir/c1-18-13-21(31(3,4)5)14-19(2)29(18)28-15-20-17-32-25(16-27(20)34-28)24-11-8-10-23-22-9-6-7-12-26(22)33-30(23)24;1-16-10-17(2)12-18(11-16)25-13-19-15-28-23(14-26(19)30-25)22-8-5-7-21-20-6-3-4-9-24(20)29-27(21)22;2*1-4(6)3-5(2)7;;/h6-10,12-17H,1-5H3;3-7,9-15H,1-2H3;2*3,6H,1-2H3;;/q2*-1;;;;. The van der Waals surface area contributed by atoms with Gasteiger partial charge >= 0.3 is 0 Å². The molecule has 0 bridgehead atoms. The summed E-state index contributed by atoms with van der Waals surface area (Å²) < 4.78 is 14.9. The third-order valence-electron chi connectivity index (χ3n) is 13.0.